The van der Waals surface area contributed by atoms with Crippen LogP contribution in [0.1, 0.15) is 31.8 Å². The number of ether oxygens (including phenoxy) is 2. The first-order valence-electron chi connectivity index (χ1n) is 9.96. The van der Waals surface area contributed by atoms with Crippen molar-refractivity contribution in [3.8, 4) is 11.5 Å². The molecule has 3 aromatic carbocycles. The molecule has 0 fully saturated rings. The minimum Gasteiger partial charge on any atom is -0.497 e. The molecule has 0 aliphatic heterocycles. The number of halogens is 4. The van der Waals surface area contributed by atoms with Gasteiger partial charge in [-0.3, -0.25) is 9.59 Å². The number of alkyl halides is 3. The van der Waals surface area contributed by atoms with E-state index < -0.39 is 28.6 Å². The van der Waals surface area contributed by atoms with Crippen LogP contribution in [0.25, 0.3) is 0 Å². The van der Waals surface area contributed by atoms with Crippen LogP contribution in [-0.2, 0) is 6.18 Å². The summed E-state index contributed by atoms with van der Waals surface area (Å²) in [5.41, 5.74) is 1.81. The second kappa shape index (κ2) is 10.9. The Hall–Kier alpha value is -4.05. The van der Waals surface area contributed by atoms with E-state index in [0.29, 0.717) is 11.5 Å². The molecule has 0 heterocycles. The minimum absolute atomic E-state index is 0.0792. The van der Waals surface area contributed by atoms with Gasteiger partial charge in [0.05, 0.1) is 42.3 Å². The molecule has 0 saturated carbocycles. The number of methoxy groups -OCH3 is 2. The number of nitrogens with one attached hydrogen (secondary N) is 2. The first kappa shape index (κ1) is 25.6. The second-order valence-electron chi connectivity index (χ2n) is 7.04. The first-order valence-corrected chi connectivity index (χ1v) is 10.3. The average Bonchev–Trinajstić information content (AvgIpc) is 2.84. The summed E-state index contributed by atoms with van der Waals surface area (Å²) in [4.78, 5) is 25.4. The summed E-state index contributed by atoms with van der Waals surface area (Å²) in [6, 6.07) is 14.0. The van der Waals surface area contributed by atoms with Crippen LogP contribution in [0, 0.1) is 0 Å². The quantitative estimate of drug-likeness (QED) is 0.333. The highest BCUT2D eigenvalue weighted by atomic mass is 35.5. The van der Waals surface area contributed by atoms with Crippen molar-refractivity contribution in [1.29, 1.82) is 0 Å². The Labute approximate surface area is 203 Å². The molecular weight excluding hydrogens is 487 g/mol. The maximum atomic E-state index is 13.0. The summed E-state index contributed by atoms with van der Waals surface area (Å²) in [6.07, 6.45) is -3.58. The van der Waals surface area contributed by atoms with Gasteiger partial charge in [0.25, 0.3) is 11.8 Å². The van der Waals surface area contributed by atoms with E-state index in [1.165, 1.54) is 44.6 Å². The molecule has 0 bridgehead atoms. The number of benzene rings is 3. The zero-order valence-corrected chi connectivity index (χ0v) is 19.2. The van der Waals surface area contributed by atoms with Gasteiger partial charge >= 0.3 is 6.18 Å². The van der Waals surface area contributed by atoms with E-state index in [0.717, 1.165) is 18.3 Å². The van der Waals surface area contributed by atoms with Gasteiger partial charge in [0.2, 0.25) is 0 Å². The van der Waals surface area contributed by atoms with Gasteiger partial charge in [0.15, 0.2) is 0 Å². The third-order valence-electron chi connectivity index (χ3n) is 4.71. The molecule has 0 aliphatic rings. The Bertz CT molecular complexity index is 1260. The highest BCUT2D eigenvalue weighted by molar-refractivity contribution is 6.31. The third kappa shape index (κ3) is 6.51. The molecule has 182 valence electrons. The fourth-order valence-electron chi connectivity index (χ4n) is 2.99. The van der Waals surface area contributed by atoms with E-state index in [4.69, 9.17) is 21.1 Å². The zero-order chi connectivity index (χ0) is 25.6. The van der Waals surface area contributed by atoms with Crippen molar-refractivity contribution in [2.75, 3.05) is 19.5 Å². The Morgan fingerprint density at radius 2 is 1.60 bits per heavy atom. The highest BCUT2D eigenvalue weighted by Gasteiger charge is 2.33. The summed E-state index contributed by atoms with van der Waals surface area (Å²) >= 11 is 5.60. The summed E-state index contributed by atoms with van der Waals surface area (Å²) in [6.45, 7) is 0. The molecule has 2 amide bonds. The van der Waals surface area contributed by atoms with E-state index in [1.54, 1.807) is 18.2 Å². The molecule has 3 rings (SSSR count). The van der Waals surface area contributed by atoms with Crippen molar-refractivity contribution in [3.05, 3.63) is 87.9 Å². The van der Waals surface area contributed by atoms with Gasteiger partial charge in [0.1, 0.15) is 11.5 Å². The normalized spacial score (nSPS) is 11.3. The molecule has 11 heteroatoms. The molecule has 35 heavy (non-hydrogen) atoms. The van der Waals surface area contributed by atoms with Crippen LogP contribution < -0.4 is 20.2 Å². The minimum atomic E-state index is -4.63. The molecule has 0 saturated heterocycles. The lowest BCUT2D eigenvalue weighted by Crippen LogP contribution is -2.21. The van der Waals surface area contributed by atoms with Gasteiger partial charge in [-0.05, 0) is 42.0 Å². The van der Waals surface area contributed by atoms with Crippen LogP contribution in [-0.4, -0.2) is 32.2 Å². The van der Waals surface area contributed by atoms with Crippen LogP contribution in [0.2, 0.25) is 5.02 Å². The van der Waals surface area contributed by atoms with Crippen molar-refractivity contribution >= 4 is 35.3 Å². The van der Waals surface area contributed by atoms with E-state index in [1.807, 2.05) is 0 Å². The highest BCUT2D eigenvalue weighted by Crippen LogP contribution is 2.34. The van der Waals surface area contributed by atoms with Gasteiger partial charge in [-0.15, -0.1) is 0 Å². The largest absolute Gasteiger partial charge is 0.497 e. The number of hydrogen-bond acceptors (Lipinski definition) is 5. The molecule has 2 N–H and O–H groups in total. The van der Waals surface area contributed by atoms with Gasteiger partial charge in [-0.1, -0.05) is 29.8 Å². The molecule has 0 aliphatic carbocycles. The molecule has 0 atom stereocenters. The summed E-state index contributed by atoms with van der Waals surface area (Å²) in [7, 11) is 2.90. The van der Waals surface area contributed by atoms with Crippen molar-refractivity contribution in [1.82, 2.24) is 5.43 Å². The third-order valence-corrected chi connectivity index (χ3v) is 5.04. The van der Waals surface area contributed by atoms with Gasteiger partial charge < -0.3 is 14.8 Å². The monoisotopic (exact) mass is 505 g/mol. The SMILES string of the molecule is COc1cc(OC)cc(C(=O)Nc2ccccc2C(=O)NN=Cc2ccc(Cl)c(C(F)(F)F)c2)c1. The van der Waals surface area contributed by atoms with Crippen LogP contribution in [0.5, 0.6) is 11.5 Å². The summed E-state index contributed by atoms with van der Waals surface area (Å²) in [5.74, 6) is -0.395. The fraction of sp³-hybridized carbons (Fsp3) is 0.125. The Balaban J connectivity index is 1.76. The zero-order valence-electron chi connectivity index (χ0n) is 18.4. The van der Waals surface area contributed by atoms with Gasteiger partial charge in [-0.2, -0.15) is 18.3 Å². The van der Waals surface area contributed by atoms with E-state index >= 15 is 0 Å². The van der Waals surface area contributed by atoms with E-state index in [2.05, 4.69) is 15.8 Å². The van der Waals surface area contributed by atoms with E-state index in [9.17, 15) is 22.8 Å². The molecule has 0 spiro atoms. The molecule has 7 nitrogen and oxygen atoms in total. The number of para-hydroxylation sites is 1. The number of carbonyl (C=O) groups excluding carboxylic acids is 2. The average molecular weight is 506 g/mol. The number of hydrogen-bond donors (Lipinski definition) is 2. The molecular formula is C24H19ClF3N3O4. The molecule has 0 radical (unpaired) electrons. The number of anilines is 1. The number of carbonyl (C=O) groups is 2. The van der Waals surface area contributed by atoms with Crippen molar-refractivity contribution < 1.29 is 32.2 Å². The van der Waals surface area contributed by atoms with E-state index in [-0.39, 0.29) is 22.4 Å². The maximum absolute atomic E-state index is 13.0. The maximum Gasteiger partial charge on any atom is 0.417 e. The second-order valence-corrected chi connectivity index (χ2v) is 7.44. The topological polar surface area (TPSA) is 89.0 Å². The standard InChI is InChI=1S/C24H19ClF3N3O4/c1-34-16-10-15(11-17(12-16)35-2)22(32)30-21-6-4-3-5-18(21)23(33)31-29-13-14-7-8-20(25)19(9-14)24(26,27)28/h3-13H,1-2H3,(H,30,32)(H,31,33). The Kier molecular flexibility index (Phi) is 7.98. The van der Waals surface area contributed by atoms with Crippen LogP contribution >= 0.6 is 11.6 Å². The lowest BCUT2D eigenvalue weighted by Gasteiger charge is -2.12. The van der Waals surface area contributed by atoms with Crippen molar-refractivity contribution in [3.63, 3.8) is 0 Å². The fourth-order valence-corrected chi connectivity index (χ4v) is 3.21. The Morgan fingerprint density at radius 1 is 0.943 bits per heavy atom. The number of rotatable bonds is 7. The smallest absolute Gasteiger partial charge is 0.417 e. The predicted octanol–water partition coefficient (Wildman–Crippen LogP) is 5.39. The van der Waals surface area contributed by atoms with Crippen LogP contribution in [0.4, 0.5) is 18.9 Å². The number of hydrazone groups is 1. The molecule has 0 unspecified atom stereocenters. The lowest BCUT2D eigenvalue weighted by molar-refractivity contribution is -0.137. The summed E-state index contributed by atoms with van der Waals surface area (Å²) in [5, 5.41) is 5.91. The predicted molar refractivity (Wildman–Crippen MR) is 125 cm³/mol. The van der Waals surface area contributed by atoms with Gasteiger partial charge in [0, 0.05) is 11.6 Å². The molecule has 0 aromatic heterocycles. The van der Waals surface area contributed by atoms with Gasteiger partial charge in [-0.25, -0.2) is 5.43 Å². The van der Waals surface area contributed by atoms with Crippen molar-refractivity contribution in [2.24, 2.45) is 5.10 Å². The number of amides is 2. The van der Waals surface area contributed by atoms with Crippen LogP contribution in [0.15, 0.2) is 65.8 Å². The van der Waals surface area contributed by atoms with Crippen LogP contribution in [0.3, 0.4) is 0 Å². The lowest BCUT2D eigenvalue weighted by atomic mass is 10.1. The molecule has 3 aromatic rings. The summed E-state index contributed by atoms with van der Waals surface area (Å²) < 4.78 is 49.4. The first-order chi connectivity index (χ1) is 16.6. The Morgan fingerprint density at radius 3 is 2.23 bits per heavy atom. The van der Waals surface area contributed by atoms with Crippen molar-refractivity contribution in [2.45, 2.75) is 6.18 Å². The number of nitrogens with zero attached hydrogens (tertiary/aromatic N) is 1.